The smallest absolute Gasteiger partial charge is 0.251 e. The molecule has 0 radical (unpaired) electrons. The van der Waals surface area contributed by atoms with E-state index < -0.39 is 0 Å². The van der Waals surface area contributed by atoms with Gasteiger partial charge in [-0.15, -0.1) is 0 Å². The topological polar surface area (TPSA) is 71.5 Å². The molecule has 6 heteroatoms. The van der Waals surface area contributed by atoms with E-state index in [1.54, 1.807) is 13.3 Å². The van der Waals surface area contributed by atoms with Crippen LogP contribution in [0.5, 0.6) is 0 Å². The van der Waals surface area contributed by atoms with Crippen molar-refractivity contribution in [2.75, 3.05) is 7.05 Å². The van der Waals surface area contributed by atoms with Crippen LogP contribution in [-0.4, -0.2) is 23.0 Å². The van der Waals surface area contributed by atoms with Gasteiger partial charge in [-0.1, -0.05) is 17.3 Å². The number of rotatable bonds is 7. The fourth-order valence-corrected chi connectivity index (χ4v) is 3.74. The number of hydrogen-bond donors (Lipinski definition) is 1. The van der Waals surface area contributed by atoms with Crippen molar-refractivity contribution < 1.29 is 13.7 Å². The van der Waals surface area contributed by atoms with Gasteiger partial charge in [0.05, 0.1) is 12.8 Å². The Kier molecular flexibility index (Phi) is 5.58. The molecule has 2 aromatic heterocycles. The van der Waals surface area contributed by atoms with Crippen LogP contribution in [0.3, 0.4) is 0 Å². The Morgan fingerprint density at radius 3 is 2.68 bits per heavy atom. The molecule has 1 N–H and O–H groups in total. The number of aromatic nitrogens is 1. The Morgan fingerprint density at radius 2 is 1.93 bits per heavy atom. The third kappa shape index (κ3) is 4.17. The molecule has 6 nitrogen and oxygen atoms in total. The van der Waals surface area contributed by atoms with Crippen molar-refractivity contribution in [1.29, 1.82) is 0 Å². The lowest BCUT2D eigenvalue weighted by atomic mass is 9.96. The molecule has 0 saturated carbocycles. The number of aryl methyl sites for hydroxylation is 1. The van der Waals surface area contributed by atoms with E-state index in [1.807, 2.05) is 36.4 Å². The highest BCUT2D eigenvalue weighted by Crippen LogP contribution is 2.26. The SMILES string of the molecule is CNC(=O)c1ccc(CN(Cc2ccco2)Cc2noc3c2CCCC3)cc1. The quantitative estimate of drug-likeness (QED) is 0.678. The average Bonchev–Trinajstić information content (AvgIpc) is 3.38. The zero-order valence-corrected chi connectivity index (χ0v) is 16.1. The largest absolute Gasteiger partial charge is 0.468 e. The maximum absolute atomic E-state index is 11.8. The van der Waals surface area contributed by atoms with E-state index in [1.165, 1.54) is 18.4 Å². The Hall–Kier alpha value is -2.86. The first-order chi connectivity index (χ1) is 13.7. The van der Waals surface area contributed by atoms with Crippen LogP contribution in [0.2, 0.25) is 0 Å². The molecule has 1 amide bonds. The summed E-state index contributed by atoms with van der Waals surface area (Å²) in [6, 6.07) is 11.6. The molecular formula is C22H25N3O3. The van der Waals surface area contributed by atoms with Crippen molar-refractivity contribution in [1.82, 2.24) is 15.4 Å². The number of furan rings is 1. The second-order valence-corrected chi connectivity index (χ2v) is 7.24. The van der Waals surface area contributed by atoms with Crippen LogP contribution in [0.25, 0.3) is 0 Å². The summed E-state index contributed by atoms with van der Waals surface area (Å²) in [4.78, 5) is 14.0. The van der Waals surface area contributed by atoms with Crippen LogP contribution in [0, 0.1) is 0 Å². The molecule has 1 aliphatic carbocycles. The molecule has 146 valence electrons. The first-order valence-corrected chi connectivity index (χ1v) is 9.75. The number of hydrogen-bond acceptors (Lipinski definition) is 5. The fraction of sp³-hybridized carbons (Fsp3) is 0.364. The number of carbonyl (C=O) groups is 1. The lowest BCUT2D eigenvalue weighted by Gasteiger charge is -2.21. The van der Waals surface area contributed by atoms with E-state index in [2.05, 4.69) is 15.4 Å². The second-order valence-electron chi connectivity index (χ2n) is 7.24. The minimum absolute atomic E-state index is 0.0757. The molecule has 1 aliphatic rings. The van der Waals surface area contributed by atoms with Gasteiger partial charge in [-0.25, -0.2) is 0 Å². The van der Waals surface area contributed by atoms with E-state index in [0.29, 0.717) is 18.7 Å². The predicted molar refractivity (Wildman–Crippen MR) is 105 cm³/mol. The zero-order valence-electron chi connectivity index (χ0n) is 16.1. The summed E-state index contributed by atoms with van der Waals surface area (Å²) in [5.74, 6) is 1.89. The molecule has 0 atom stereocenters. The number of nitrogens with one attached hydrogen (secondary N) is 1. The summed E-state index contributed by atoms with van der Waals surface area (Å²) in [5, 5.41) is 7.01. The molecule has 2 heterocycles. The third-order valence-electron chi connectivity index (χ3n) is 5.21. The maximum atomic E-state index is 11.8. The van der Waals surface area contributed by atoms with Gasteiger partial charge in [0.15, 0.2) is 0 Å². The number of amides is 1. The van der Waals surface area contributed by atoms with Crippen LogP contribution in [0.1, 0.15) is 51.5 Å². The van der Waals surface area contributed by atoms with E-state index >= 15 is 0 Å². The van der Waals surface area contributed by atoms with E-state index in [-0.39, 0.29) is 5.91 Å². The molecular weight excluding hydrogens is 354 g/mol. The summed E-state index contributed by atoms with van der Waals surface area (Å²) < 4.78 is 11.1. The molecule has 0 saturated heterocycles. The standard InChI is InChI=1S/C22H25N3O3/c1-23-22(26)17-10-8-16(9-11-17)13-25(14-18-5-4-12-27-18)15-20-19-6-2-3-7-21(19)28-24-20/h4-5,8-12H,2-3,6-7,13-15H2,1H3,(H,23,26). The van der Waals surface area contributed by atoms with Gasteiger partial charge in [0.2, 0.25) is 0 Å². The van der Waals surface area contributed by atoms with Gasteiger partial charge in [-0.05, 0) is 49.1 Å². The molecule has 0 unspecified atom stereocenters. The van der Waals surface area contributed by atoms with Gasteiger partial charge in [-0.3, -0.25) is 9.69 Å². The lowest BCUT2D eigenvalue weighted by molar-refractivity contribution is 0.0963. The third-order valence-corrected chi connectivity index (χ3v) is 5.21. The van der Waals surface area contributed by atoms with Crippen molar-refractivity contribution in [2.45, 2.75) is 45.3 Å². The van der Waals surface area contributed by atoms with Gasteiger partial charge < -0.3 is 14.3 Å². The molecule has 28 heavy (non-hydrogen) atoms. The molecule has 0 aliphatic heterocycles. The minimum atomic E-state index is -0.0757. The monoisotopic (exact) mass is 379 g/mol. The van der Waals surface area contributed by atoms with Gasteiger partial charge in [0.25, 0.3) is 5.91 Å². The van der Waals surface area contributed by atoms with Crippen molar-refractivity contribution in [3.8, 4) is 0 Å². The Bertz CT molecular complexity index is 913. The molecule has 0 bridgehead atoms. The molecule has 3 aromatic rings. The predicted octanol–water partition coefficient (Wildman–Crippen LogP) is 3.71. The van der Waals surface area contributed by atoms with Crippen LogP contribution >= 0.6 is 0 Å². The van der Waals surface area contributed by atoms with E-state index in [0.717, 1.165) is 42.2 Å². The van der Waals surface area contributed by atoms with Crippen molar-refractivity contribution in [3.05, 3.63) is 76.6 Å². The average molecular weight is 379 g/mol. The van der Waals surface area contributed by atoms with E-state index in [9.17, 15) is 4.79 Å². The maximum Gasteiger partial charge on any atom is 0.251 e. The lowest BCUT2D eigenvalue weighted by Crippen LogP contribution is -2.23. The van der Waals surface area contributed by atoms with Crippen LogP contribution in [0.15, 0.2) is 51.6 Å². The summed E-state index contributed by atoms with van der Waals surface area (Å²) in [6.45, 7) is 2.12. The van der Waals surface area contributed by atoms with Gasteiger partial charge >= 0.3 is 0 Å². The molecule has 4 rings (SSSR count). The second kappa shape index (κ2) is 8.44. The molecule has 1 aromatic carbocycles. The Labute approximate surface area is 164 Å². The van der Waals surface area contributed by atoms with Crippen molar-refractivity contribution in [3.63, 3.8) is 0 Å². The molecule has 0 fully saturated rings. The Morgan fingerprint density at radius 1 is 1.11 bits per heavy atom. The number of carbonyl (C=O) groups excluding carboxylic acids is 1. The van der Waals surface area contributed by atoms with Crippen LogP contribution in [0.4, 0.5) is 0 Å². The highest BCUT2D eigenvalue weighted by Gasteiger charge is 2.21. The fourth-order valence-electron chi connectivity index (χ4n) is 3.74. The summed E-state index contributed by atoms with van der Waals surface area (Å²) in [5.41, 5.74) is 4.11. The summed E-state index contributed by atoms with van der Waals surface area (Å²) in [7, 11) is 1.64. The highest BCUT2D eigenvalue weighted by atomic mass is 16.5. The van der Waals surface area contributed by atoms with Crippen molar-refractivity contribution in [2.24, 2.45) is 0 Å². The van der Waals surface area contributed by atoms with Gasteiger partial charge in [-0.2, -0.15) is 0 Å². The van der Waals surface area contributed by atoms with Crippen molar-refractivity contribution >= 4 is 5.91 Å². The Balaban J connectivity index is 1.52. The van der Waals surface area contributed by atoms with Gasteiger partial charge in [0, 0.05) is 37.7 Å². The van der Waals surface area contributed by atoms with Gasteiger partial charge in [0.1, 0.15) is 17.2 Å². The first kappa shape index (κ1) is 18.5. The first-order valence-electron chi connectivity index (χ1n) is 9.75. The highest BCUT2D eigenvalue weighted by molar-refractivity contribution is 5.93. The number of nitrogens with zero attached hydrogens (tertiary/aromatic N) is 2. The summed E-state index contributed by atoms with van der Waals surface area (Å²) in [6.07, 6.45) is 6.10. The van der Waals surface area contributed by atoms with E-state index in [4.69, 9.17) is 8.94 Å². The zero-order chi connectivity index (χ0) is 19.3. The molecule has 0 spiro atoms. The number of fused-ring (bicyclic) bond motifs is 1. The number of benzene rings is 1. The minimum Gasteiger partial charge on any atom is -0.468 e. The summed E-state index contributed by atoms with van der Waals surface area (Å²) >= 11 is 0. The van der Waals surface area contributed by atoms with Crippen LogP contribution < -0.4 is 5.32 Å². The van der Waals surface area contributed by atoms with Crippen LogP contribution in [-0.2, 0) is 32.5 Å². The normalized spacial score (nSPS) is 13.5.